The van der Waals surface area contributed by atoms with Crippen molar-refractivity contribution in [1.29, 1.82) is 5.41 Å². The molecule has 5 nitrogen and oxygen atoms in total. The Balaban J connectivity index is 1.59. The van der Waals surface area contributed by atoms with Crippen molar-refractivity contribution >= 4 is 17.8 Å². The molecule has 0 spiro atoms. The lowest BCUT2D eigenvalue weighted by molar-refractivity contribution is -0.126. The number of benzene rings is 2. The molecular weight excluding hydrogens is 403 g/mol. The van der Waals surface area contributed by atoms with Gasteiger partial charge in [0.1, 0.15) is 11.7 Å². The molecule has 1 saturated heterocycles. The van der Waals surface area contributed by atoms with E-state index < -0.39 is 5.54 Å². The third kappa shape index (κ3) is 4.00. The number of amides is 1. The van der Waals surface area contributed by atoms with Crippen LogP contribution in [0, 0.1) is 18.2 Å². The zero-order chi connectivity index (χ0) is 22.9. The SMILES string of the molecule is CCc1cc(/C=C/C(=N)N2C(=O)CCC2(C)c2ccc(F)cc2)ccc1-n1cnc(C)c1. The quantitative estimate of drug-likeness (QED) is 0.435. The second-order valence-electron chi connectivity index (χ2n) is 8.39. The maximum absolute atomic E-state index is 13.4. The topological polar surface area (TPSA) is 62.0 Å². The number of nitrogens with one attached hydrogen (secondary N) is 1. The van der Waals surface area contributed by atoms with E-state index in [-0.39, 0.29) is 17.6 Å². The molecule has 0 bridgehead atoms. The van der Waals surface area contributed by atoms with Crippen molar-refractivity contribution < 1.29 is 9.18 Å². The van der Waals surface area contributed by atoms with Gasteiger partial charge in [-0.2, -0.15) is 0 Å². The fraction of sp³-hybridized carbons (Fsp3) is 0.269. The van der Waals surface area contributed by atoms with E-state index in [0.29, 0.717) is 12.8 Å². The van der Waals surface area contributed by atoms with Crippen LogP contribution in [0.25, 0.3) is 11.8 Å². The van der Waals surface area contributed by atoms with Gasteiger partial charge >= 0.3 is 0 Å². The molecule has 32 heavy (non-hydrogen) atoms. The molecule has 1 atom stereocenters. The Kier molecular flexibility index (Phi) is 5.78. The lowest BCUT2D eigenvalue weighted by atomic mass is 9.89. The van der Waals surface area contributed by atoms with Gasteiger partial charge in [-0.25, -0.2) is 9.37 Å². The summed E-state index contributed by atoms with van der Waals surface area (Å²) >= 11 is 0. The van der Waals surface area contributed by atoms with Crippen LogP contribution in [0.4, 0.5) is 4.39 Å². The number of halogens is 1. The summed E-state index contributed by atoms with van der Waals surface area (Å²) < 4.78 is 15.4. The lowest BCUT2D eigenvalue weighted by Crippen LogP contribution is -2.44. The van der Waals surface area contributed by atoms with Gasteiger partial charge in [0.2, 0.25) is 5.91 Å². The van der Waals surface area contributed by atoms with Gasteiger partial charge < -0.3 is 4.57 Å². The molecule has 1 aliphatic rings. The number of likely N-dealkylation sites (tertiary alicyclic amines) is 1. The summed E-state index contributed by atoms with van der Waals surface area (Å²) in [6, 6.07) is 12.3. The minimum Gasteiger partial charge on any atom is -0.306 e. The zero-order valence-corrected chi connectivity index (χ0v) is 18.6. The molecular formula is C26H27FN4O. The number of aromatic nitrogens is 2. The first-order valence-corrected chi connectivity index (χ1v) is 10.8. The summed E-state index contributed by atoms with van der Waals surface area (Å²) in [6.07, 6.45) is 9.15. The molecule has 2 aromatic carbocycles. The van der Waals surface area contributed by atoms with Crippen molar-refractivity contribution in [3.63, 3.8) is 0 Å². The second kappa shape index (κ2) is 8.54. The van der Waals surface area contributed by atoms with Gasteiger partial charge in [-0.15, -0.1) is 0 Å². The van der Waals surface area contributed by atoms with Crippen molar-refractivity contribution in [2.45, 2.75) is 45.6 Å². The van der Waals surface area contributed by atoms with Crippen molar-refractivity contribution in [3.05, 3.63) is 89.3 Å². The number of carbonyl (C=O) groups excluding carboxylic acids is 1. The van der Waals surface area contributed by atoms with Gasteiger partial charge in [0, 0.05) is 18.3 Å². The number of aryl methyl sites for hydroxylation is 2. The normalized spacial score (nSPS) is 18.6. The van der Waals surface area contributed by atoms with Gasteiger partial charge in [-0.05, 0) is 73.7 Å². The van der Waals surface area contributed by atoms with Crippen LogP contribution in [0.3, 0.4) is 0 Å². The summed E-state index contributed by atoms with van der Waals surface area (Å²) in [5.41, 5.74) is 4.34. The highest BCUT2D eigenvalue weighted by atomic mass is 19.1. The largest absolute Gasteiger partial charge is 0.306 e. The lowest BCUT2D eigenvalue weighted by Gasteiger charge is -2.35. The van der Waals surface area contributed by atoms with Crippen LogP contribution >= 0.6 is 0 Å². The van der Waals surface area contributed by atoms with E-state index in [4.69, 9.17) is 5.41 Å². The average Bonchev–Trinajstić information content (AvgIpc) is 3.35. The highest BCUT2D eigenvalue weighted by Crippen LogP contribution is 2.39. The maximum atomic E-state index is 13.4. The van der Waals surface area contributed by atoms with Gasteiger partial charge in [0.15, 0.2) is 0 Å². The average molecular weight is 431 g/mol. The molecule has 0 aliphatic carbocycles. The molecule has 164 valence electrons. The highest BCUT2D eigenvalue weighted by molar-refractivity contribution is 6.06. The molecule has 1 aliphatic heterocycles. The van der Waals surface area contributed by atoms with Crippen LogP contribution in [0.2, 0.25) is 0 Å². The number of rotatable bonds is 5. The van der Waals surface area contributed by atoms with Gasteiger partial charge in [0.05, 0.1) is 17.6 Å². The number of carbonyl (C=O) groups is 1. The van der Waals surface area contributed by atoms with Crippen LogP contribution in [-0.2, 0) is 16.8 Å². The number of hydrogen-bond donors (Lipinski definition) is 1. The van der Waals surface area contributed by atoms with Crippen LogP contribution in [0.1, 0.15) is 49.1 Å². The van der Waals surface area contributed by atoms with E-state index in [2.05, 4.69) is 18.0 Å². The molecule has 3 aromatic rings. The molecule has 1 fully saturated rings. The third-order valence-electron chi connectivity index (χ3n) is 6.18. The Hall–Kier alpha value is -3.54. The minimum atomic E-state index is -0.663. The Morgan fingerprint density at radius 2 is 2.00 bits per heavy atom. The third-order valence-corrected chi connectivity index (χ3v) is 6.18. The summed E-state index contributed by atoms with van der Waals surface area (Å²) in [4.78, 5) is 18.5. The molecule has 1 unspecified atom stereocenters. The molecule has 0 saturated carbocycles. The van der Waals surface area contributed by atoms with Gasteiger partial charge in [0.25, 0.3) is 0 Å². The molecule has 4 rings (SSSR count). The first-order valence-electron chi connectivity index (χ1n) is 10.8. The van der Waals surface area contributed by atoms with Gasteiger partial charge in [-0.1, -0.05) is 31.2 Å². The van der Waals surface area contributed by atoms with E-state index in [0.717, 1.165) is 28.9 Å². The van der Waals surface area contributed by atoms with E-state index in [9.17, 15) is 9.18 Å². The van der Waals surface area contributed by atoms with E-state index in [1.807, 2.05) is 49.1 Å². The Morgan fingerprint density at radius 1 is 1.25 bits per heavy atom. The summed E-state index contributed by atoms with van der Waals surface area (Å²) in [5.74, 6) is -0.276. The Bertz CT molecular complexity index is 1190. The molecule has 6 heteroatoms. The summed E-state index contributed by atoms with van der Waals surface area (Å²) in [6.45, 7) is 6.00. The van der Waals surface area contributed by atoms with Crippen molar-refractivity contribution in [1.82, 2.24) is 14.5 Å². The zero-order valence-electron chi connectivity index (χ0n) is 18.6. The first kappa shape index (κ1) is 21.7. The van der Waals surface area contributed by atoms with Crippen LogP contribution in [-0.4, -0.2) is 26.2 Å². The number of imidazole rings is 1. The number of hydrogen-bond acceptors (Lipinski definition) is 3. The minimum absolute atomic E-state index is 0.0912. The first-order chi connectivity index (χ1) is 15.3. The standard InChI is InChI=1S/C26H27FN4O/c1-4-20-15-19(5-11-23(20)30-16-18(2)29-17-30)6-12-24(28)31-25(32)13-14-26(31,3)21-7-9-22(27)10-8-21/h5-12,15-17,28H,4,13-14H2,1-3H3/b12-6+,28-24?. The Morgan fingerprint density at radius 3 is 2.66 bits per heavy atom. The highest BCUT2D eigenvalue weighted by Gasteiger charge is 2.44. The van der Waals surface area contributed by atoms with Crippen LogP contribution in [0.5, 0.6) is 0 Å². The number of amidine groups is 1. The van der Waals surface area contributed by atoms with Crippen LogP contribution in [0.15, 0.2) is 61.1 Å². The Labute approximate surface area is 187 Å². The fourth-order valence-corrected chi connectivity index (χ4v) is 4.38. The van der Waals surface area contributed by atoms with E-state index >= 15 is 0 Å². The molecule has 0 radical (unpaired) electrons. The molecule has 1 aromatic heterocycles. The summed E-state index contributed by atoms with van der Waals surface area (Å²) in [5, 5.41) is 8.62. The monoisotopic (exact) mass is 430 g/mol. The van der Waals surface area contributed by atoms with Crippen molar-refractivity contribution in [2.75, 3.05) is 0 Å². The maximum Gasteiger partial charge on any atom is 0.229 e. The predicted octanol–water partition coefficient (Wildman–Crippen LogP) is 5.41. The summed E-state index contributed by atoms with van der Waals surface area (Å²) in [7, 11) is 0. The fourth-order valence-electron chi connectivity index (χ4n) is 4.38. The number of nitrogens with zero attached hydrogens (tertiary/aromatic N) is 3. The predicted molar refractivity (Wildman–Crippen MR) is 124 cm³/mol. The molecule has 1 amide bonds. The van der Waals surface area contributed by atoms with Gasteiger partial charge in [-0.3, -0.25) is 15.1 Å². The van der Waals surface area contributed by atoms with E-state index in [1.165, 1.54) is 22.6 Å². The molecule has 1 N–H and O–H groups in total. The van der Waals surface area contributed by atoms with Crippen molar-refractivity contribution in [2.24, 2.45) is 0 Å². The van der Waals surface area contributed by atoms with Crippen LogP contribution < -0.4 is 0 Å². The van der Waals surface area contributed by atoms with E-state index in [1.54, 1.807) is 18.2 Å². The second-order valence-corrected chi connectivity index (χ2v) is 8.39. The van der Waals surface area contributed by atoms with Crippen molar-refractivity contribution in [3.8, 4) is 5.69 Å². The smallest absolute Gasteiger partial charge is 0.229 e. The molecule has 2 heterocycles.